The van der Waals surface area contributed by atoms with Gasteiger partial charge in [-0.15, -0.1) is 0 Å². The average Bonchev–Trinajstić information content (AvgIpc) is 2.29. The van der Waals surface area contributed by atoms with Crippen LogP contribution < -0.4 is 5.32 Å². The maximum atomic E-state index is 11.8. The predicted octanol–water partition coefficient (Wildman–Crippen LogP) is 3.30. The van der Waals surface area contributed by atoms with Gasteiger partial charge in [0.2, 0.25) is 0 Å². The third kappa shape index (κ3) is 3.04. The van der Waals surface area contributed by atoms with Crippen molar-refractivity contribution in [3.63, 3.8) is 0 Å². The number of benzene rings is 1. The minimum atomic E-state index is -0.195. The minimum absolute atomic E-state index is 0.195. The molecule has 0 saturated carbocycles. The Labute approximate surface area is 104 Å². The van der Waals surface area contributed by atoms with E-state index in [2.05, 4.69) is 10.3 Å². The van der Waals surface area contributed by atoms with Gasteiger partial charge in [0.1, 0.15) is 11.0 Å². The summed E-state index contributed by atoms with van der Waals surface area (Å²) in [7, 11) is 0. The lowest BCUT2D eigenvalue weighted by atomic mass is 10.1. The van der Waals surface area contributed by atoms with Crippen LogP contribution in [0, 0.1) is 6.92 Å². The molecule has 0 saturated heterocycles. The number of rotatable bonds is 2. The fourth-order valence-corrected chi connectivity index (χ4v) is 1.54. The van der Waals surface area contributed by atoms with Crippen LogP contribution in [0.15, 0.2) is 42.5 Å². The number of aromatic nitrogens is 1. The molecule has 0 aliphatic carbocycles. The summed E-state index contributed by atoms with van der Waals surface area (Å²) in [6, 6.07) is 12.4. The SMILES string of the molecule is Cc1ccc(C(=O)Nc2cccc(Cl)n2)cc1. The number of amides is 1. The van der Waals surface area contributed by atoms with Crippen molar-refractivity contribution < 1.29 is 4.79 Å². The molecule has 2 rings (SSSR count). The van der Waals surface area contributed by atoms with E-state index in [1.54, 1.807) is 30.3 Å². The molecular formula is C13H11ClN2O. The molecule has 2 aromatic rings. The second kappa shape index (κ2) is 4.97. The Hall–Kier alpha value is -1.87. The number of hydrogen-bond donors (Lipinski definition) is 1. The van der Waals surface area contributed by atoms with Crippen molar-refractivity contribution in [1.82, 2.24) is 4.98 Å². The van der Waals surface area contributed by atoms with E-state index in [0.29, 0.717) is 16.5 Å². The molecule has 17 heavy (non-hydrogen) atoms. The second-order valence-corrected chi connectivity index (χ2v) is 4.05. The number of carbonyl (C=O) groups excluding carboxylic acids is 1. The molecule has 0 atom stereocenters. The van der Waals surface area contributed by atoms with Gasteiger partial charge < -0.3 is 5.32 Å². The number of nitrogens with one attached hydrogen (secondary N) is 1. The first kappa shape index (κ1) is 11.6. The quantitative estimate of drug-likeness (QED) is 0.826. The lowest BCUT2D eigenvalue weighted by molar-refractivity contribution is 0.102. The summed E-state index contributed by atoms with van der Waals surface area (Å²) < 4.78 is 0. The molecule has 0 bridgehead atoms. The van der Waals surface area contributed by atoms with Gasteiger partial charge in [-0.25, -0.2) is 4.98 Å². The highest BCUT2D eigenvalue weighted by Gasteiger charge is 2.06. The van der Waals surface area contributed by atoms with Crippen LogP contribution in [-0.4, -0.2) is 10.9 Å². The van der Waals surface area contributed by atoms with Crippen molar-refractivity contribution >= 4 is 23.3 Å². The van der Waals surface area contributed by atoms with Gasteiger partial charge in [-0.3, -0.25) is 4.79 Å². The highest BCUT2D eigenvalue weighted by Crippen LogP contribution is 2.11. The molecule has 1 aromatic heterocycles. The first-order valence-corrected chi connectivity index (χ1v) is 5.53. The van der Waals surface area contributed by atoms with E-state index in [1.165, 1.54) is 0 Å². The highest BCUT2D eigenvalue weighted by molar-refractivity contribution is 6.29. The van der Waals surface area contributed by atoms with Gasteiger partial charge >= 0.3 is 0 Å². The summed E-state index contributed by atoms with van der Waals surface area (Å²) in [6.45, 7) is 1.97. The molecule has 0 spiro atoms. The third-order valence-corrected chi connectivity index (χ3v) is 2.48. The van der Waals surface area contributed by atoms with E-state index in [-0.39, 0.29) is 5.91 Å². The number of hydrogen-bond acceptors (Lipinski definition) is 2. The molecule has 3 nitrogen and oxygen atoms in total. The first-order chi connectivity index (χ1) is 8.15. The zero-order valence-electron chi connectivity index (χ0n) is 9.27. The van der Waals surface area contributed by atoms with Crippen molar-refractivity contribution in [2.75, 3.05) is 5.32 Å². The first-order valence-electron chi connectivity index (χ1n) is 5.16. The van der Waals surface area contributed by atoms with Gasteiger partial charge in [0, 0.05) is 5.56 Å². The largest absolute Gasteiger partial charge is 0.307 e. The van der Waals surface area contributed by atoms with Crippen LogP contribution in [-0.2, 0) is 0 Å². The number of anilines is 1. The van der Waals surface area contributed by atoms with Crippen LogP contribution in [0.1, 0.15) is 15.9 Å². The molecule has 4 heteroatoms. The zero-order valence-corrected chi connectivity index (χ0v) is 10.0. The zero-order chi connectivity index (χ0) is 12.3. The highest BCUT2D eigenvalue weighted by atomic mass is 35.5. The topological polar surface area (TPSA) is 42.0 Å². The molecule has 0 unspecified atom stereocenters. The van der Waals surface area contributed by atoms with Crippen LogP contribution in [0.4, 0.5) is 5.82 Å². The Balaban J connectivity index is 2.14. The predicted molar refractivity (Wildman–Crippen MR) is 68.4 cm³/mol. The van der Waals surface area contributed by atoms with Gasteiger partial charge in [0.05, 0.1) is 0 Å². The number of aryl methyl sites for hydroxylation is 1. The summed E-state index contributed by atoms with van der Waals surface area (Å²) in [5.41, 5.74) is 1.71. The lowest BCUT2D eigenvalue weighted by Crippen LogP contribution is -2.12. The number of nitrogens with zero attached hydrogens (tertiary/aromatic N) is 1. The maximum Gasteiger partial charge on any atom is 0.256 e. The van der Waals surface area contributed by atoms with Crippen LogP contribution in [0.25, 0.3) is 0 Å². The van der Waals surface area contributed by atoms with Crippen molar-refractivity contribution in [2.24, 2.45) is 0 Å². The standard InChI is InChI=1S/C13H11ClN2O/c1-9-5-7-10(8-6-9)13(17)16-12-4-2-3-11(14)15-12/h2-8H,1H3,(H,15,16,17). The number of carbonyl (C=O) groups is 1. The summed E-state index contributed by atoms with van der Waals surface area (Å²) in [4.78, 5) is 15.8. The van der Waals surface area contributed by atoms with E-state index in [9.17, 15) is 4.79 Å². The fourth-order valence-electron chi connectivity index (χ4n) is 1.37. The van der Waals surface area contributed by atoms with Gasteiger partial charge in [-0.2, -0.15) is 0 Å². The van der Waals surface area contributed by atoms with Crippen LogP contribution in [0.2, 0.25) is 5.15 Å². The molecule has 1 aromatic carbocycles. The number of halogens is 1. The Morgan fingerprint density at radius 3 is 2.53 bits per heavy atom. The van der Waals surface area contributed by atoms with Crippen molar-refractivity contribution in [1.29, 1.82) is 0 Å². The summed E-state index contributed by atoms with van der Waals surface area (Å²) in [6.07, 6.45) is 0. The number of pyridine rings is 1. The van der Waals surface area contributed by atoms with E-state index < -0.39 is 0 Å². The molecule has 0 radical (unpaired) electrons. The monoisotopic (exact) mass is 246 g/mol. The summed E-state index contributed by atoms with van der Waals surface area (Å²) in [5.74, 6) is 0.253. The Bertz CT molecular complexity index is 537. The smallest absolute Gasteiger partial charge is 0.256 e. The normalized spacial score (nSPS) is 10.0. The molecule has 0 aliphatic heterocycles. The van der Waals surface area contributed by atoms with Gasteiger partial charge in [-0.05, 0) is 31.2 Å². The maximum absolute atomic E-state index is 11.8. The molecule has 0 aliphatic rings. The van der Waals surface area contributed by atoms with Crippen LogP contribution >= 0.6 is 11.6 Å². The molecule has 1 amide bonds. The molecule has 1 N–H and O–H groups in total. The Morgan fingerprint density at radius 2 is 1.88 bits per heavy atom. The molecule has 1 heterocycles. The van der Waals surface area contributed by atoms with Gasteiger partial charge in [0.25, 0.3) is 5.91 Å². The summed E-state index contributed by atoms with van der Waals surface area (Å²) >= 11 is 5.73. The minimum Gasteiger partial charge on any atom is -0.307 e. The molecular weight excluding hydrogens is 236 g/mol. The van der Waals surface area contributed by atoms with Gasteiger partial charge in [-0.1, -0.05) is 35.4 Å². The fraction of sp³-hybridized carbons (Fsp3) is 0.0769. The van der Waals surface area contributed by atoms with Crippen molar-refractivity contribution in [3.05, 3.63) is 58.7 Å². The van der Waals surface area contributed by atoms with Gasteiger partial charge in [0.15, 0.2) is 0 Å². The van der Waals surface area contributed by atoms with E-state index in [0.717, 1.165) is 5.56 Å². The lowest BCUT2D eigenvalue weighted by Gasteiger charge is -2.04. The average molecular weight is 247 g/mol. The molecule has 0 fully saturated rings. The summed E-state index contributed by atoms with van der Waals surface area (Å²) in [5, 5.41) is 3.04. The van der Waals surface area contributed by atoms with Crippen molar-refractivity contribution in [2.45, 2.75) is 6.92 Å². The van der Waals surface area contributed by atoms with E-state index in [1.807, 2.05) is 19.1 Å². The van der Waals surface area contributed by atoms with Crippen molar-refractivity contribution in [3.8, 4) is 0 Å². The van der Waals surface area contributed by atoms with Crippen LogP contribution in [0.3, 0.4) is 0 Å². The van der Waals surface area contributed by atoms with E-state index >= 15 is 0 Å². The Kier molecular flexibility index (Phi) is 3.40. The molecule has 86 valence electrons. The second-order valence-electron chi connectivity index (χ2n) is 3.67. The Morgan fingerprint density at radius 1 is 1.18 bits per heavy atom. The van der Waals surface area contributed by atoms with E-state index in [4.69, 9.17) is 11.6 Å². The third-order valence-electron chi connectivity index (χ3n) is 2.27. The van der Waals surface area contributed by atoms with Crippen LogP contribution in [0.5, 0.6) is 0 Å².